The third-order valence-electron chi connectivity index (χ3n) is 2.25. The van der Waals surface area contributed by atoms with Gasteiger partial charge in [-0.1, -0.05) is 6.92 Å². The van der Waals surface area contributed by atoms with Gasteiger partial charge >= 0.3 is 0 Å². The van der Waals surface area contributed by atoms with Crippen molar-refractivity contribution in [2.75, 3.05) is 29.1 Å². The lowest BCUT2D eigenvalue weighted by Crippen LogP contribution is -2.24. The van der Waals surface area contributed by atoms with Crippen molar-refractivity contribution < 1.29 is 8.95 Å². The van der Waals surface area contributed by atoms with E-state index in [4.69, 9.17) is 10.5 Å². The van der Waals surface area contributed by atoms with E-state index < -0.39 is 10.8 Å². The van der Waals surface area contributed by atoms with Crippen LogP contribution in [0, 0.1) is 0 Å². The van der Waals surface area contributed by atoms with Gasteiger partial charge in [-0.3, -0.25) is 4.21 Å². The predicted octanol–water partition coefficient (Wildman–Crippen LogP) is 2.02. The average Bonchev–Trinajstić information content (AvgIpc) is 2.31. The molecular weight excluding hydrogens is 262 g/mol. The molecule has 1 rings (SSSR count). The molecule has 0 radical (unpaired) electrons. The van der Waals surface area contributed by atoms with Crippen LogP contribution in [0.1, 0.15) is 27.7 Å². The fraction of sp³-hybridized carbons (Fsp3) is 0.615. The number of nitrogens with two attached hydrogens (primary N) is 1. The van der Waals surface area contributed by atoms with Crippen molar-refractivity contribution in [2.24, 2.45) is 0 Å². The minimum absolute atomic E-state index is 0.344. The largest absolute Gasteiger partial charge is 0.470 e. The van der Waals surface area contributed by atoms with Crippen LogP contribution in [0.3, 0.4) is 0 Å². The Bertz CT molecular complexity index is 444. The molecule has 1 atom stereocenters. The van der Waals surface area contributed by atoms with Crippen LogP contribution in [-0.2, 0) is 10.8 Å². The summed E-state index contributed by atoms with van der Waals surface area (Å²) in [5.74, 6) is 2.39. The lowest BCUT2D eigenvalue weighted by atomic mass is 10.2. The van der Waals surface area contributed by atoms with Crippen molar-refractivity contribution in [1.82, 2.24) is 4.98 Å². The normalized spacial score (nSPS) is 13.1. The first-order valence-corrected chi connectivity index (χ1v) is 7.85. The van der Waals surface area contributed by atoms with Crippen LogP contribution in [0.15, 0.2) is 12.1 Å². The molecule has 1 aromatic rings. The van der Waals surface area contributed by atoms with Crippen LogP contribution >= 0.6 is 0 Å². The summed E-state index contributed by atoms with van der Waals surface area (Å²) in [4.78, 5) is 4.32. The summed E-state index contributed by atoms with van der Waals surface area (Å²) in [6, 6.07) is 3.55. The van der Waals surface area contributed by atoms with Gasteiger partial charge in [-0.05, 0) is 32.9 Å². The second kappa shape index (κ2) is 6.75. The third-order valence-corrected chi connectivity index (χ3v) is 3.55. The minimum Gasteiger partial charge on any atom is -0.470 e. The summed E-state index contributed by atoms with van der Waals surface area (Å²) in [7, 11) is -0.772. The van der Waals surface area contributed by atoms with Crippen LogP contribution in [0.4, 0.5) is 11.5 Å². The highest BCUT2D eigenvalue weighted by Gasteiger charge is 2.15. The van der Waals surface area contributed by atoms with Gasteiger partial charge in [0, 0.05) is 28.9 Å². The molecule has 0 amide bonds. The SMILES string of the molecule is CCS(=O)CCNc1ccc(N)c(OC(C)(C)C)n1. The summed E-state index contributed by atoms with van der Waals surface area (Å²) < 4.78 is 17.0. The van der Waals surface area contributed by atoms with Crippen molar-refractivity contribution >= 4 is 22.3 Å². The van der Waals surface area contributed by atoms with Crippen molar-refractivity contribution in [2.45, 2.75) is 33.3 Å². The monoisotopic (exact) mass is 285 g/mol. The third kappa shape index (κ3) is 5.92. The second-order valence-corrected chi connectivity index (χ2v) is 7.03. The van der Waals surface area contributed by atoms with Gasteiger partial charge in [-0.25, -0.2) is 0 Å². The van der Waals surface area contributed by atoms with Gasteiger partial charge in [0.1, 0.15) is 11.4 Å². The summed E-state index contributed by atoms with van der Waals surface area (Å²) in [5.41, 5.74) is 6.00. The maximum absolute atomic E-state index is 11.3. The highest BCUT2D eigenvalue weighted by atomic mass is 32.2. The number of nitrogens with zero attached hydrogens (tertiary/aromatic N) is 1. The molecule has 1 unspecified atom stereocenters. The summed E-state index contributed by atoms with van der Waals surface area (Å²) in [5, 5.41) is 3.12. The molecule has 0 saturated carbocycles. The molecule has 0 fully saturated rings. The molecule has 0 aliphatic heterocycles. The Morgan fingerprint density at radius 2 is 2.11 bits per heavy atom. The van der Waals surface area contributed by atoms with E-state index in [1.54, 1.807) is 12.1 Å². The van der Waals surface area contributed by atoms with Crippen molar-refractivity contribution in [3.05, 3.63) is 12.1 Å². The Labute approximate surface area is 117 Å². The number of nitrogens with one attached hydrogen (secondary N) is 1. The molecule has 0 aliphatic rings. The van der Waals surface area contributed by atoms with E-state index in [0.29, 0.717) is 35.4 Å². The highest BCUT2D eigenvalue weighted by Crippen LogP contribution is 2.24. The topological polar surface area (TPSA) is 77.2 Å². The number of nitrogen functional groups attached to an aromatic ring is 1. The van der Waals surface area contributed by atoms with Crippen LogP contribution < -0.4 is 15.8 Å². The van der Waals surface area contributed by atoms with Gasteiger partial charge in [-0.2, -0.15) is 4.98 Å². The van der Waals surface area contributed by atoms with E-state index in [2.05, 4.69) is 10.3 Å². The first-order valence-electron chi connectivity index (χ1n) is 6.36. The number of hydrogen-bond donors (Lipinski definition) is 2. The summed E-state index contributed by atoms with van der Waals surface area (Å²) >= 11 is 0. The van der Waals surface area contributed by atoms with E-state index in [1.807, 2.05) is 27.7 Å². The van der Waals surface area contributed by atoms with Gasteiger partial charge < -0.3 is 15.8 Å². The molecule has 0 bridgehead atoms. The molecule has 0 spiro atoms. The van der Waals surface area contributed by atoms with Crippen molar-refractivity contribution in [1.29, 1.82) is 0 Å². The highest BCUT2D eigenvalue weighted by molar-refractivity contribution is 7.84. The molecule has 6 heteroatoms. The van der Waals surface area contributed by atoms with E-state index in [1.165, 1.54) is 0 Å². The number of rotatable bonds is 6. The molecule has 5 nitrogen and oxygen atoms in total. The average molecular weight is 285 g/mol. The maximum atomic E-state index is 11.3. The van der Waals surface area contributed by atoms with Gasteiger partial charge in [0.25, 0.3) is 0 Å². The lowest BCUT2D eigenvalue weighted by Gasteiger charge is -2.21. The predicted molar refractivity (Wildman–Crippen MR) is 81.1 cm³/mol. The van der Waals surface area contributed by atoms with Gasteiger partial charge in [0.15, 0.2) is 0 Å². The number of anilines is 2. The van der Waals surface area contributed by atoms with E-state index in [0.717, 1.165) is 0 Å². The number of hydrogen-bond acceptors (Lipinski definition) is 5. The molecule has 0 saturated heterocycles. The van der Waals surface area contributed by atoms with Crippen molar-refractivity contribution in [3.8, 4) is 5.88 Å². The maximum Gasteiger partial charge on any atom is 0.239 e. The molecular formula is C13H23N3O2S. The van der Waals surface area contributed by atoms with Crippen LogP contribution in [-0.4, -0.2) is 32.8 Å². The zero-order valence-electron chi connectivity index (χ0n) is 12.0. The summed E-state index contributed by atoms with van der Waals surface area (Å²) in [6.45, 7) is 8.36. The first kappa shape index (κ1) is 15.8. The zero-order chi connectivity index (χ0) is 14.5. The lowest BCUT2D eigenvalue weighted by molar-refractivity contribution is 0.125. The molecule has 1 aromatic heterocycles. The number of aromatic nitrogens is 1. The molecule has 3 N–H and O–H groups in total. The van der Waals surface area contributed by atoms with Gasteiger partial charge in [0.2, 0.25) is 5.88 Å². The van der Waals surface area contributed by atoms with Crippen LogP contribution in [0.25, 0.3) is 0 Å². The summed E-state index contributed by atoms with van der Waals surface area (Å²) in [6.07, 6.45) is 0. The second-order valence-electron chi connectivity index (χ2n) is 5.16. The Morgan fingerprint density at radius 3 is 2.68 bits per heavy atom. The minimum atomic E-state index is -0.772. The zero-order valence-corrected chi connectivity index (χ0v) is 12.8. The smallest absolute Gasteiger partial charge is 0.239 e. The molecule has 0 aromatic carbocycles. The standard InChI is InChI=1S/C13H23N3O2S/c1-5-19(17)9-8-15-11-7-6-10(14)12(16-11)18-13(2,3)4/h6-7H,5,8-9,14H2,1-4H3,(H,15,16). The molecule has 108 valence electrons. The number of ether oxygens (including phenoxy) is 1. The van der Waals surface area contributed by atoms with E-state index >= 15 is 0 Å². The quantitative estimate of drug-likeness (QED) is 0.836. The number of pyridine rings is 1. The fourth-order valence-corrected chi connectivity index (χ4v) is 1.98. The Balaban J connectivity index is 2.65. The molecule has 19 heavy (non-hydrogen) atoms. The fourth-order valence-electron chi connectivity index (χ4n) is 1.36. The van der Waals surface area contributed by atoms with Gasteiger partial charge in [0.05, 0.1) is 5.69 Å². The van der Waals surface area contributed by atoms with Gasteiger partial charge in [-0.15, -0.1) is 0 Å². The first-order chi connectivity index (χ1) is 8.81. The van der Waals surface area contributed by atoms with Crippen LogP contribution in [0.2, 0.25) is 0 Å². The van der Waals surface area contributed by atoms with E-state index in [-0.39, 0.29) is 5.60 Å². The van der Waals surface area contributed by atoms with Crippen LogP contribution in [0.5, 0.6) is 5.88 Å². The Hall–Kier alpha value is -1.30. The van der Waals surface area contributed by atoms with Crippen molar-refractivity contribution in [3.63, 3.8) is 0 Å². The van der Waals surface area contributed by atoms with E-state index in [9.17, 15) is 4.21 Å². The Morgan fingerprint density at radius 1 is 1.42 bits per heavy atom. The molecule has 0 aliphatic carbocycles. The Kier molecular flexibility index (Phi) is 5.60. The molecule has 1 heterocycles.